The fourth-order valence-corrected chi connectivity index (χ4v) is 13.0. The molecular formula is C82H50F3N7. The van der Waals surface area contributed by atoms with Crippen LogP contribution in [0, 0.1) is 11.3 Å². The van der Waals surface area contributed by atoms with Crippen molar-refractivity contribution in [3.05, 3.63) is 315 Å². The molecule has 0 aliphatic carbocycles. The van der Waals surface area contributed by atoms with Gasteiger partial charge in [0.1, 0.15) is 6.07 Å². The molecule has 7 nitrogen and oxygen atoms in total. The molecule has 0 N–H and O–H groups in total. The van der Waals surface area contributed by atoms with E-state index < -0.39 is 11.7 Å². The lowest BCUT2D eigenvalue weighted by molar-refractivity contribution is -0.137. The second-order valence-electron chi connectivity index (χ2n) is 22.8. The van der Waals surface area contributed by atoms with Gasteiger partial charge in [0.05, 0.1) is 67.3 Å². The zero-order valence-electron chi connectivity index (χ0n) is 49.1. The zero-order chi connectivity index (χ0) is 61.9. The van der Waals surface area contributed by atoms with Crippen molar-refractivity contribution in [1.29, 1.82) is 5.26 Å². The number of aromatic nitrogens is 6. The molecule has 0 aliphatic heterocycles. The SMILES string of the molecule is N#Cc1cc(-n2c3cc(-c4ccnc(-c5ccccc5)c4)ccc3c3ccc(-c4ccnc(-c5ccccc5)c4)cc32)c(-c2ccccc2C(F)(F)F)cc1-n1c2cc(-c3ccnc(-c4ccccc4)c3)ccc2c2ccc(-c3ccnc(-c4ccccc4)c3)cc21. The average molecular weight is 1190 g/mol. The highest BCUT2D eigenvalue weighted by Crippen LogP contribution is 2.47. The molecule has 6 heterocycles. The molecule has 0 atom stereocenters. The van der Waals surface area contributed by atoms with Gasteiger partial charge in [0.2, 0.25) is 0 Å². The molecule has 0 saturated heterocycles. The number of hydrogen-bond donors (Lipinski definition) is 0. The molecule has 0 fully saturated rings. The van der Waals surface area contributed by atoms with Gasteiger partial charge in [0.25, 0.3) is 0 Å². The van der Waals surface area contributed by atoms with E-state index in [2.05, 4.69) is 108 Å². The highest BCUT2D eigenvalue weighted by atomic mass is 19.4. The largest absolute Gasteiger partial charge is 0.417 e. The van der Waals surface area contributed by atoms with E-state index in [1.54, 1.807) is 43.0 Å². The van der Waals surface area contributed by atoms with Gasteiger partial charge in [0.15, 0.2) is 0 Å². The first kappa shape index (κ1) is 55.0. The molecule has 10 aromatic carbocycles. The van der Waals surface area contributed by atoms with Crippen molar-refractivity contribution in [3.8, 4) is 118 Å². The van der Waals surface area contributed by atoms with Crippen LogP contribution in [0.25, 0.3) is 156 Å². The number of pyridine rings is 4. The van der Waals surface area contributed by atoms with Crippen LogP contribution in [0.1, 0.15) is 11.1 Å². The molecule has 0 unspecified atom stereocenters. The van der Waals surface area contributed by atoms with E-state index in [1.807, 2.05) is 150 Å². The van der Waals surface area contributed by atoms with Crippen LogP contribution >= 0.6 is 0 Å². The molecule has 0 saturated carbocycles. The van der Waals surface area contributed by atoms with Crippen molar-refractivity contribution in [2.24, 2.45) is 0 Å². The maximum absolute atomic E-state index is 16.0. The van der Waals surface area contributed by atoms with Crippen molar-refractivity contribution < 1.29 is 13.2 Å². The normalized spacial score (nSPS) is 11.6. The third kappa shape index (κ3) is 9.91. The Balaban J connectivity index is 0.986. The van der Waals surface area contributed by atoms with Crippen LogP contribution in [-0.4, -0.2) is 29.1 Å². The Morgan fingerprint density at radius 1 is 0.283 bits per heavy atom. The summed E-state index contributed by atoms with van der Waals surface area (Å²) in [6, 6.07) is 93.1. The minimum absolute atomic E-state index is 0.0519. The Hall–Kier alpha value is -12.3. The van der Waals surface area contributed by atoms with E-state index >= 15 is 13.2 Å². The van der Waals surface area contributed by atoms with Crippen molar-refractivity contribution in [2.45, 2.75) is 6.18 Å². The first-order chi connectivity index (χ1) is 45.2. The number of fused-ring (bicyclic) bond motifs is 6. The van der Waals surface area contributed by atoms with Crippen LogP contribution < -0.4 is 0 Å². The predicted octanol–water partition coefficient (Wildman–Crippen LogP) is 21.4. The zero-order valence-corrected chi connectivity index (χ0v) is 49.1. The lowest BCUT2D eigenvalue weighted by Crippen LogP contribution is -2.09. The highest BCUT2D eigenvalue weighted by molar-refractivity contribution is 6.13. The highest BCUT2D eigenvalue weighted by Gasteiger charge is 2.35. The first-order valence-electron chi connectivity index (χ1n) is 30.2. The van der Waals surface area contributed by atoms with Gasteiger partial charge in [-0.2, -0.15) is 18.4 Å². The van der Waals surface area contributed by atoms with Gasteiger partial charge in [-0.1, -0.05) is 188 Å². The molecule has 6 aromatic heterocycles. The molecule has 0 bridgehead atoms. The monoisotopic (exact) mass is 1190 g/mol. The lowest BCUT2D eigenvalue weighted by Gasteiger charge is -2.21. The van der Waals surface area contributed by atoms with E-state index in [4.69, 9.17) is 19.9 Å². The first-order valence-corrected chi connectivity index (χ1v) is 30.2. The van der Waals surface area contributed by atoms with Gasteiger partial charge in [-0.25, -0.2) is 0 Å². The quantitative estimate of drug-likeness (QED) is 0.129. The number of alkyl halides is 3. The number of nitriles is 1. The maximum Gasteiger partial charge on any atom is 0.417 e. The number of benzene rings is 10. The standard InChI is InChI=1S/C82H50F3N7/c83-82(84,85)71-24-14-13-23-65(71)70-50-76(91-77-45-56(60-33-37-87-72(41-60)52-15-5-1-6-16-52)25-29-66(77)67-30-26-57(46-78(67)91)61-34-38-88-73(42-61)53-17-7-2-8-18-53)64(51-86)49-81(70)92-79-47-58(62-35-39-89-74(43-62)54-19-9-3-10-20-54)27-31-68(79)69-32-28-59(48-80(69)92)63-36-40-90-75(44-63)55-21-11-4-12-22-55/h1-50H. The summed E-state index contributed by atoms with van der Waals surface area (Å²) in [6.07, 6.45) is 2.42. The van der Waals surface area contributed by atoms with Gasteiger partial charge in [-0.05, 0) is 141 Å². The minimum Gasteiger partial charge on any atom is -0.309 e. The number of rotatable bonds is 11. The van der Waals surface area contributed by atoms with E-state index in [-0.39, 0.29) is 16.7 Å². The molecule has 16 aromatic rings. The van der Waals surface area contributed by atoms with E-state index in [0.717, 1.165) is 139 Å². The van der Waals surface area contributed by atoms with Crippen LogP contribution in [0.15, 0.2) is 304 Å². The van der Waals surface area contributed by atoms with Crippen LogP contribution in [0.5, 0.6) is 0 Å². The second-order valence-corrected chi connectivity index (χ2v) is 22.8. The van der Waals surface area contributed by atoms with Gasteiger partial charge < -0.3 is 9.13 Å². The van der Waals surface area contributed by atoms with Crippen molar-refractivity contribution in [2.75, 3.05) is 0 Å². The van der Waals surface area contributed by atoms with Crippen LogP contribution in [0.2, 0.25) is 0 Å². The Morgan fingerprint density at radius 3 is 0.913 bits per heavy atom. The number of nitrogens with zero attached hydrogens (tertiary/aromatic N) is 7. The third-order valence-corrected chi connectivity index (χ3v) is 17.4. The van der Waals surface area contributed by atoms with E-state index in [0.29, 0.717) is 11.4 Å². The number of hydrogen-bond acceptors (Lipinski definition) is 5. The maximum atomic E-state index is 16.0. The van der Waals surface area contributed by atoms with Gasteiger partial charge >= 0.3 is 6.18 Å². The van der Waals surface area contributed by atoms with E-state index in [1.165, 1.54) is 12.1 Å². The summed E-state index contributed by atoms with van der Waals surface area (Å²) in [7, 11) is 0. The summed E-state index contributed by atoms with van der Waals surface area (Å²) in [5.41, 5.74) is 17.5. The molecule has 0 amide bonds. The molecule has 434 valence electrons. The Bertz CT molecular complexity index is 5300. The molecule has 0 aliphatic rings. The van der Waals surface area contributed by atoms with Gasteiger partial charge in [0, 0.05) is 74.1 Å². The molecule has 0 radical (unpaired) electrons. The van der Waals surface area contributed by atoms with Crippen LogP contribution in [-0.2, 0) is 6.18 Å². The molecular weight excluding hydrogens is 1140 g/mol. The molecule has 92 heavy (non-hydrogen) atoms. The predicted molar refractivity (Wildman–Crippen MR) is 365 cm³/mol. The summed E-state index contributed by atoms with van der Waals surface area (Å²) >= 11 is 0. The summed E-state index contributed by atoms with van der Waals surface area (Å²) in [5, 5.41) is 15.5. The fraction of sp³-hybridized carbons (Fsp3) is 0.0122. The Morgan fingerprint density at radius 2 is 0.587 bits per heavy atom. The van der Waals surface area contributed by atoms with E-state index in [9.17, 15) is 5.26 Å². The van der Waals surface area contributed by atoms with Crippen molar-refractivity contribution >= 4 is 43.6 Å². The second kappa shape index (κ2) is 22.7. The summed E-state index contributed by atoms with van der Waals surface area (Å²) < 4.78 is 52.2. The third-order valence-electron chi connectivity index (χ3n) is 17.4. The average Bonchev–Trinajstić information content (AvgIpc) is 1.55. The Labute approximate surface area is 527 Å². The fourth-order valence-electron chi connectivity index (χ4n) is 13.0. The van der Waals surface area contributed by atoms with Crippen LogP contribution in [0.4, 0.5) is 13.2 Å². The lowest BCUT2D eigenvalue weighted by atomic mass is 9.94. The molecule has 0 spiro atoms. The van der Waals surface area contributed by atoms with Crippen LogP contribution in [0.3, 0.4) is 0 Å². The van der Waals surface area contributed by atoms with Crippen molar-refractivity contribution in [3.63, 3.8) is 0 Å². The van der Waals surface area contributed by atoms with Crippen molar-refractivity contribution in [1.82, 2.24) is 29.1 Å². The smallest absolute Gasteiger partial charge is 0.309 e. The number of halogens is 3. The molecule has 10 heteroatoms. The summed E-state index contributed by atoms with van der Waals surface area (Å²) in [6.45, 7) is 0. The summed E-state index contributed by atoms with van der Waals surface area (Å²) in [4.78, 5) is 19.0. The minimum atomic E-state index is -4.78. The summed E-state index contributed by atoms with van der Waals surface area (Å²) in [5.74, 6) is 0. The Kier molecular flexibility index (Phi) is 13.6. The molecule has 16 rings (SSSR count). The van der Waals surface area contributed by atoms with Gasteiger partial charge in [-0.15, -0.1) is 0 Å². The topological polar surface area (TPSA) is 85.2 Å². The van der Waals surface area contributed by atoms with Gasteiger partial charge in [-0.3, -0.25) is 19.9 Å².